The van der Waals surface area contributed by atoms with E-state index < -0.39 is 0 Å². The lowest BCUT2D eigenvalue weighted by molar-refractivity contribution is -0.117. The van der Waals surface area contributed by atoms with Crippen molar-refractivity contribution in [2.45, 2.75) is 52.4 Å². The SMILES string of the molecule is CC12C=CC(=O)C=C1CCC1C2CCC2(C)C1CC[C@@H]2C=O. The molecule has 4 rings (SSSR count). The summed E-state index contributed by atoms with van der Waals surface area (Å²) in [5, 5.41) is 0. The smallest absolute Gasteiger partial charge is 0.178 e. The molecule has 0 radical (unpaired) electrons. The zero-order valence-corrected chi connectivity index (χ0v) is 13.7. The molecule has 2 heteroatoms. The average Bonchev–Trinajstić information content (AvgIpc) is 2.84. The van der Waals surface area contributed by atoms with E-state index in [1.165, 1.54) is 37.5 Å². The number of fused-ring (bicyclic) bond motifs is 5. The average molecular weight is 298 g/mol. The molecule has 0 aromatic heterocycles. The number of aldehydes is 1. The first kappa shape index (κ1) is 14.4. The van der Waals surface area contributed by atoms with Crippen LogP contribution in [0.15, 0.2) is 23.8 Å². The fourth-order valence-electron chi connectivity index (χ4n) is 6.46. The lowest BCUT2D eigenvalue weighted by Gasteiger charge is -2.56. The van der Waals surface area contributed by atoms with E-state index in [2.05, 4.69) is 19.9 Å². The highest BCUT2D eigenvalue weighted by Crippen LogP contribution is 2.65. The summed E-state index contributed by atoms with van der Waals surface area (Å²) in [5.74, 6) is 2.51. The minimum Gasteiger partial charge on any atom is -0.303 e. The van der Waals surface area contributed by atoms with Gasteiger partial charge in [0, 0.05) is 11.3 Å². The largest absolute Gasteiger partial charge is 0.303 e. The van der Waals surface area contributed by atoms with Crippen molar-refractivity contribution in [2.24, 2.45) is 34.5 Å². The Bertz CT molecular complexity index is 587. The molecule has 0 aromatic rings. The first-order chi connectivity index (χ1) is 10.5. The molecule has 0 aromatic carbocycles. The Balaban J connectivity index is 1.69. The predicted molar refractivity (Wildman–Crippen MR) is 86.2 cm³/mol. The van der Waals surface area contributed by atoms with Gasteiger partial charge in [0.15, 0.2) is 5.78 Å². The van der Waals surface area contributed by atoms with Crippen LogP contribution in [0.5, 0.6) is 0 Å². The Morgan fingerprint density at radius 1 is 1.14 bits per heavy atom. The number of ketones is 1. The lowest BCUT2D eigenvalue weighted by atomic mass is 9.48. The molecule has 0 amide bonds. The van der Waals surface area contributed by atoms with Crippen molar-refractivity contribution in [2.75, 3.05) is 0 Å². The summed E-state index contributed by atoms with van der Waals surface area (Å²) in [6.45, 7) is 4.71. The summed E-state index contributed by atoms with van der Waals surface area (Å²) in [4.78, 5) is 23.2. The topological polar surface area (TPSA) is 34.1 Å². The Labute approximate surface area is 133 Å². The summed E-state index contributed by atoms with van der Waals surface area (Å²) < 4.78 is 0. The van der Waals surface area contributed by atoms with E-state index >= 15 is 0 Å². The van der Waals surface area contributed by atoms with Crippen molar-refractivity contribution in [1.82, 2.24) is 0 Å². The fraction of sp³-hybridized carbons (Fsp3) is 0.700. The molecule has 5 unspecified atom stereocenters. The second-order valence-corrected chi connectivity index (χ2v) is 8.47. The molecule has 0 bridgehead atoms. The molecule has 0 saturated heterocycles. The molecule has 3 saturated carbocycles. The molecule has 2 nitrogen and oxygen atoms in total. The first-order valence-electron chi connectivity index (χ1n) is 8.88. The summed E-state index contributed by atoms with van der Waals surface area (Å²) in [7, 11) is 0. The summed E-state index contributed by atoms with van der Waals surface area (Å²) in [6.07, 6.45) is 14.0. The van der Waals surface area contributed by atoms with E-state index in [1.54, 1.807) is 6.08 Å². The van der Waals surface area contributed by atoms with Crippen LogP contribution < -0.4 is 0 Å². The second kappa shape index (κ2) is 4.66. The quantitative estimate of drug-likeness (QED) is 0.683. The van der Waals surface area contributed by atoms with Gasteiger partial charge in [0.25, 0.3) is 0 Å². The zero-order chi connectivity index (χ0) is 15.5. The van der Waals surface area contributed by atoms with Crippen LogP contribution in [-0.2, 0) is 9.59 Å². The highest BCUT2D eigenvalue weighted by Gasteiger charge is 2.58. The highest BCUT2D eigenvalue weighted by atomic mass is 16.1. The van der Waals surface area contributed by atoms with Gasteiger partial charge in [-0.15, -0.1) is 0 Å². The van der Waals surface area contributed by atoms with Crippen molar-refractivity contribution in [3.05, 3.63) is 23.8 Å². The molecular formula is C20H26O2. The van der Waals surface area contributed by atoms with E-state index in [0.29, 0.717) is 11.8 Å². The normalized spacial score (nSPS) is 49.9. The molecule has 6 atom stereocenters. The lowest BCUT2D eigenvalue weighted by Crippen LogP contribution is -2.49. The standard InChI is InChI=1S/C20H26O2/c1-19-9-7-15(22)11-13(19)3-5-16-17-6-4-14(12-21)20(17,2)10-8-18(16)19/h7,9,11-12,14,16-18H,3-6,8,10H2,1-2H3/t14-,16?,17?,18?,19?,20?/m1/s1. The summed E-state index contributed by atoms with van der Waals surface area (Å²) >= 11 is 0. The van der Waals surface area contributed by atoms with Gasteiger partial charge in [-0.1, -0.05) is 25.5 Å². The van der Waals surface area contributed by atoms with Gasteiger partial charge < -0.3 is 4.79 Å². The number of rotatable bonds is 1. The number of hydrogen-bond donors (Lipinski definition) is 0. The van der Waals surface area contributed by atoms with Gasteiger partial charge in [-0.25, -0.2) is 0 Å². The molecule has 3 fully saturated rings. The van der Waals surface area contributed by atoms with E-state index in [-0.39, 0.29) is 22.5 Å². The number of carbonyl (C=O) groups is 2. The number of carbonyl (C=O) groups excluding carboxylic acids is 2. The van der Waals surface area contributed by atoms with Crippen LogP contribution in [-0.4, -0.2) is 12.1 Å². The van der Waals surface area contributed by atoms with Crippen LogP contribution in [0.4, 0.5) is 0 Å². The van der Waals surface area contributed by atoms with Crippen molar-refractivity contribution in [3.63, 3.8) is 0 Å². The molecule has 0 spiro atoms. The molecule has 22 heavy (non-hydrogen) atoms. The van der Waals surface area contributed by atoms with Crippen LogP contribution >= 0.6 is 0 Å². The summed E-state index contributed by atoms with van der Waals surface area (Å²) in [6, 6.07) is 0. The second-order valence-electron chi connectivity index (χ2n) is 8.47. The maximum absolute atomic E-state index is 11.7. The van der Waals surface area contributed by atoms with E-state index in [9.17, 15) is 9.59 Å². The van der Waals surface area contributed by atoms with Gasteiger partial charge in [-0.05, 0) is 73.8 Å². The van der Waals surface area contributed by atoms with Crippen LogP contribution in [0.1, 0.15) is 52.4 Å². The van der Waals surface area contributed by atoms with Crippen LogP contribution in [0.25, 0.3) is 0 Å². The first-order valence-corrected chi connectivity index (χ1v) is 8.88. The van der Waals surface area contributed by atoms with E-state index in [4.69, 9.17) is 0 Å². The molecule has 0 aliphatic heterocycles. The Morgan fingerprint density at radius 2 is 1.95 bits per heavy atom. The van der Waals surface area contributed by atoms with Crippen molar-refractivity contribution in [1.29, 1.82) is 0 Å². The molecule has 118 valence electrons. The maximum atomic E-state index is 11.7. The van der Waals surface area contributed by atoms with Crippen LogP contribution in [0, 0.1) is 34.5 Å². The third-order valence-corrected chi connectivity index (χ3v) is 7.79. The minimum atomic E-state index is 0.0808. The Kier molecular flexibility index (Phi) is 3.05. The molecule has 0 N–H and O–H groups in total. The van der Waals surface area contributed by atoms with E-state index in [1.807, 2.05) is 6.08 Å². The molecule has 4 aliphatic carbocycles. The van der Waals surface area contributed by atoms with Gasteiger partial charge in [-0.2, -0.15) is 0 Å². The van der Waals surface area contributed by atoms with Crippen LogP contribution in [0.3, 0.4) is 0 Å². The summed E-state index contributed by atoms with van der Waals surface area (Å²) in [5.41, 5.74) is 1.67. The van der Waals surface area contributed by atoms with Crippen molar-refractivity contribution in [3.8, 4) is 0 Å². The Morgan fingerprint density at radius 3 is 2.73 bits per heavy atom. The van der Waals surface area contributed by atoms with Gasteiger partial charge in [0.1, 0.15) is 6.29 Å². The highest BCUT2D eigenvalue weighted by molar-refractivity contribution is 6.01. The van der Waals surface area contributed by atoms with Crippen molar-refractivity contribution >= 4 is 12.1 Å². The monoisotopic (exact) mass is 298 g/mol. The number of hydrogen-bond acceptors (Lipinski definition) is 2. The molecular weight excluding hydrogens is 272 g/mol. The third-order valence-electron chi connectivity index (χ3n) is 7.79. The molecule has 0 heterocycles. The van der Waals surface area contributed by atoms with Gasteiger partial charge in [-0.3, -0.25) is 4.79 Å². The molecule has 4 aliphatic rings. The van der Waals surface area contributed by atoms with Gasteiger partial charge in [0.2, 0.25) is 0 Å². The predicted octanol–water partition coefficient (Wildman–Crippen LogP) is 4.11. The van der Waals surface area contributed by atoms with Crippen LogP contribution in [0.2, 0.25) is 0 Å². The fourth-order valence-corrected chi connectivity index (χ4v) is 6.46. The van der Waals surface area contributed by atoms with Crippen molar-refractivity contribution < 1.29 is 9.59 Å². The van der Waals surface area contributed by atoms with Gasteiger partial charge in [0.05, 0.1) is 0 Å². The maximum Gasteiger partial charge on any atom is 0.178 e. The third kappa shape index (κ3) is 1.73. The number of allylic oxidation sites excluding steroid dienone is 4. The van der Waals surface area contributed by atoms with E-state index in [0.717, 1.165) is 18.8 Å². The van der Waals surface area contributed by atoms with Gasteiger partial charge >= 0.3 is 0 Å². The zero-order valence-electron chi connectivity index (χ0n) is 13.7. The Hall–Kier alpha value is -1.18. The minimum absolute atomic E-state index is 0.0808.